The maximum atomic E-state index is 5.71. The first-order valence-electron chi connectivity index (χ1n) is 4.84. The summed E-state index contributed by atoms with van der Waals surface area (Å²) >= 11 is 0. The predicted octanol–water partition coefficient (Wildman–Crippen LogP) is 1.43. The molecule has 0 saturated heterocycles. The first kappa shape index (κ1) is 7.67. The zero-order valence-electron chi connectivity index (χ0n) is 7.83. The minimum atomic E-state index is 0.771. The Morgan fingerprint density at radius 3 is 3.29 bits per heavy atom. The highest BCUT2D eigenvalue weighted by Crippen LogP contribution is 2.26. The molecule has 72 valence electrons. The van der Waals surface area contributed by atoms with Crippen LogP contribution < -0.4 is 11.1 Å². The number of aromatic nitrogens is 2. The first-order valence-corrected chi connectivity index (χ1v) is 4.84. The zero-order valence-corrected chi connectivity index (χ0v) is 7.83. The van der Waals surface area contributed by atoms with Gasteiger partial charge in [0.1, 0.15) is 5.82 Å². The summed E-state index contributed by atoms with van der Waals surface area (Å²) in [5, 5.41) is 9.02. The third-order valence-corrected chi connectivity index (χ3v) is 2.60. The van der Waals surface area contributed by atoms with Crippen LogP contribution in [0, 0.1) is 0 Å². The molecule has 0 spiro atoms. The Hall–Kier alpha value is -1.71. The number of anilines is 2. The van der Waals surface area contributed by atoms with E-state index in [2.05, 4.69) is 10.4 Å². The van der Waals surface area contributed by atoms with E-state index in [1.165, 1.54) is 5.39 Å². The van der Waals surface area contributed by atoms with Crippen LogP contribution in [0.4, 0.5) is 11.5 Å². The van der Waals surface area contributed by atoms with Crippen molar-refractivity contribution >= 4 is 22.4 Å². The van der Waals surface area contributed by atoms with Gasteiger partial charge in [0.25, 0.3) is 0 Å². The third kappa shape index (κ3) is 0.968. The lowest BCUT2D eigenvalue weighted by atomic mass is 10.2. The van der Waals surface area contributed by atoms with Crippen LogP contribution >= 0.6 is 0 Å². The number of aryl methyl sites for hydroxylation is 1. The fourth-order valence-corrected chi connectivity index (χ4v) is 1.93. The molecule has 14 heavy (non-hydrogen) atoms. The molecule has 2 aromatic rings. The Kier molecular flexibility index (Phi) is 1.45. The summed E-state index contributed by atoms with van der Waals surface area (Å²) < 4.78 is 2.02. The monoisotopic (exact) mass is 188 g/mol. The van der Waals surface area contributed by atoms with Crippen molar-refractivity contribution in [3.63, 3.8) is 0 Å². The van der Waals surface area contributed by atoms with Crippen LogP contribution in [0.25, 0.3) is 10.9 Å². The number of benzene rings is 1. The average Bonchev–Trinajstić information content (AvgIpc) is 2.54. The quantitative estimate of drug-likeness (QED) is 0.615. The Morgan fingerprint density at radius 1 is 1.43 bits per heavy atom. The van der Waals surface area contributed by atoms with Gasteiger partial charge >= 0.3 is 0 Å². The summed E-state index contributed by atoms with van der Waals surface area (Å²) in [5.74, 6) is 1.13. The summed E-state index contributed by atoms with van der Waals surface area (Å²) in [6.45, 7) is 2.03. The van der Waals surface area contributed by atoms with E-state index in [1.54, 1.807) is 0 Å². The largest absolute Gasteiger partial charge is 0.399 e. The maximum absolute atomic E-state index is 5.71. The molecule has 0 saturated carbocycles. The average molecular weight is 188 g/mol. The van der Waals surface area contributed by atoms with Gasteiger partial charge in [0.15, 0.2) is 0 Å². The minimum absolute atomic E-state index is 0.771. The molecule has 0 aliphatic carbocycles. The number of hydrogen-bond donors (Lipinski definition) is 2. The number of nitrogens with one attached hydrogen (secondary N) is 1. The van der Waals surface area contributed by atoms with Gasteiger partial charge in [-0.1, -0.05) is 0 Å². The van der Waals surface area contributed by atoms with Crippen molar-refractivity contribution in [1.82, 2.24) is 9.78 Å². The van der Waals surface area contributed by atoms with Crippen LogP contribution in [-0.2, 0) is 6.54 Å². The highest BCUT2D eigenvalue weighted by Gasteiger charge is 2.13. The van der Waals surface area contributed by atoms with Gasteiger partial charge in [-0.3, -0.25) is 0 Å². The van der Waals surface area contributed by atoms with E-state index < -0.39 is 0 Å². The lowest BCUT2D eigenvalue weighted by Crippen LogP contribution is -2.17. The highest BCUT2D eigenvalue weighted by atomic mass is 15.3. The van der Waals surface area contributed by atoms with Gasteiger partial charge in [0, 0.05) is 24.2 Å². The van der Waals surface area contributed by atoms with E-state index in [1.807, 2.05) is 22.9 Å². The smallest absolute Gasteiger partial charge is 0.132 e. The minimum Gasteiger partial charge on any atom is -0.399 e. The van der Waals surface area contributed by atoms with E-state index in [0.717, 1.165) is 36.5 Å². The van der Waals surface area contributed by atoms with Crippen LogP contribution in [0.15, 0.2) is 18.2 Å². The molecule has 0 unspecified atom stereocenters. The summed E-state index contributed by atoms with van der Waals surface area (Å²) in [6, 6.07) is 5.87. The van der Waals surface area contributed by atoms with Gasteiger partial charge in [-0.2, -0.15) is 5.10 Å². The molecule has 3 N–H and O–H groups in total. The van der Waals surface area contributed by atoms with Gasteiger partial charge in [0.05, 0.1) is 5.52 Å². The van der Waals surface area contributed by atoms with Crippen molar-refractivity contribution in [2.24, 2.45) is 0 Å². The number of nitrogens with two attached hydrogens (primary N) is 1. The number of nitrogens with zero attached hydrogens (tertiary/aromatic N) is 2. The number of rotatable bonds is 0. The van der Waals surface area contributed by atoms with Crippen molar-refractivity contribution in [2.45, 2.75) is 13.0 Å². The summed E-state index contributed by atoms with van der Waals surface area (Å²) in [4.78, 5) is 0. The molecule has 3 rings (SSSR count). The molecule has 4 nitrogen and oxygen atoms in total. The van der Waals surface area contributed by atoms with Gasteiger partial charge in [0.2, 0.25) is 0 Å². The Morgan fingerprint density at radius 2 is 2.36 bits per heavy atom. The van der Waals surface area contributed by atoms with E-state index in [4.69, 9.17) is 5.73 Å². The van der Waals surface area contributed by atoms with Gasteiger partial charge in [-0.25, -0.2) is 4.68 Å². The molecule has 0 radical (unpaired) electrons. The van der Waals surface area contributed by atoms with Crippen molar-refractivity contribution in [2.75, 3.05) is 17.6 Å². The Labute approximate surface area is 81.7 Å². The maximum Gasteiger partial charge on any atom is 0.132 e. The third-order valence-electron chi connectivity index (χ3n) is 2.60. The van der Waals surface area contributed by atoms with E-state index in [0.29, 0.717) is 0 Å². The second-order valence-corrected chi connectivity index (χ2v) is 3.63. The van der Waals surface area contributed by atoms with Crippen molar-refractivity contribution in [3.05, 3.63) is 18.2 Å². The van der Waals surface area contributed by atoms with Crippen LogP contribution in [0.2, 0.25) is 0 Å². The van der Waals surface area contributed by atoms with E-state index >= 15 is 0 Å². The molecular weight excluding hydrogens is 176 g/mol. The van der Waals surface area contributed by atoms with Gasteiger partial charge in [-0.05, 0) is 24.6 Å². The highest BCUT2D eigenvalue weighted by molar-refractivity contribution is 5.92. The summed E-state index contributed by atoms with van der Waals surface area (Å²) in [7, 11) is 0. The Bertz CT molecular complexity index is 486. The zero-order chi connectivity index (χ0) is 9.54. The lowest BCUT2D eigenvalue weighted by molar-refractivity contribution is 0.573. The summed E-state index contributed by atoms with van der Waals surface area (Å²) in [6.07, 6.45) is 1.14. The molecular formula is C10H12N4. The molecule has 4 heteroatoms. The van der Waals surface area contributed by atoms with Crippen molar-refractivity contribution < 1.29 is 0 Å². The second kappa shape index (κ2) is 2.64. The molecule has 0 fully saturated rings. The lowest BCUT2D eigenvalue weighted by Gasteiger charge is -2.15. The van der Waals surface area contributed by atoms with Crippen LogP contribution in [0.3, 0.4) is 0 Å². The fraction of sp³-hybridized carbons (Fsp3) is 0.300. The normalized spacial score (nSPS) is 15.1. The number of fused-ring (bicyclic) bond motifs is 3. The molecule has 2 heterocycles. The first-order chi connectivity index (χ1) is 6.84. The van der Waals surface area contributed by atoms with Gasteiger partial charge in [-0.15, -0.1) is 0 Å². The summed E-state index contributed by atoms with van der Waals surface area (Å²) in [5.41, 5.74) is 7.46. The fourth-order valence-electron chi connectivity index (χ4n) is 1.93. The number of nitrogen functional groups attached to an aromatic ring is 1. The molecule has 1 aromatic heterocycles. The molecule has 1 aliphatic heterocycles. The second-order valence-electron chi connectivity index (χ2n) is 3.63. The van der Waals surface area contributed by atoms with Crippen molar-refractivity contribution in [3.8, 4) is 0 Å². The molecule has 0 amide bonds. The van der Waals surface area contributed by atoms with E-state index in [-0.39, 0.29) is 0 Å². The van der Waals surface area contributed by atoms with E-state index in [9.17, 15) is 0 Å². The topological polar surface area (TPSA) is 55.9 Å². The van der Waals surface area contributed by atoms with Crippen LogP contribution in [0.5, 0.6) is 0 Å². The SMILES string of the molecule is Nc1ccc2c3n(nc2c1)CCCN3. The molecule has 1 aliphatic rings. The molecule has 0 bridgehead atoms. The Balaban J connectivity index is 2.31. The molecule has 1 aromatic carbocycles. The standard InChI is InChI=1S/C10H12N4/c11-7-2-3-8-9(6-7)13-14-5-1-4-12-10(8)14/h2-3,6,12H,1,4-5,11H2. The molecule has 0 atom stereocenters. The number of hydrogen-bond acceptors (Lipinski definition) is 3. The van der Waals surface area contributed by atoms with Crippen molar-refractivity contribution in [1.29, 1.82) is 0 Å². The van der Waals surface area contributed by atoms with Gasteiger partial charge < -0.3 is 11.1 Å². The van der Waals surface area contributed by atoms with Crippen LogP contribution in [0.1, 0.15) is 6.42 Å². The predicted molar refractivity (Wildman–Crippen MR) is 57.3 cm³/mol. The van der Waals surface area contributed by atoms with Crippen LogP contribution in [-0.4, -0.2) is 16.3 Å².